The molecule has 0 aliphatic rings. The maximum atomic E-state index is 14.0. The minimum Gasteiger partial charge on any atom is -0.492 e. The van der Waals surface area contributed by atoms with Gasteiger partial charge in [-0.1, -0.05) is 112 Å². The molecule has 0 aliphatic heterocycles. The van der Waals surface area contributed by atoms with E-state index >= 15 is 0 Å². The summed E-state index contributed by atoms with van der Waals surface area (Å²) in [7, 11) is 0. The molecule has 208 valence electrons. The lowest BCUT2D eigenvalue weighted by molar-refractivity contribution is 0.311. The van der Waals surface area contributed by atoms with Gasteiger partial charge in [-0.15, -0.1) is 0 Å². The molecule has 4 bridgehead atoms. The maximum Gasteiger partial charge on any atom is 0.197 e. The first kappa shape index (κ1) is 26.8. The van der Waals surface area contributed by atoms with Crippen molar-refractivity contribution < 1.29 is 4.74 Å². The van der Waals surface area contributed by atoms with Gasteiger partial charge in [0.2, 0.25) is 0 Å². The summed E-state index contributed by atoms with van der Waals surface area (Å²) in [5.41, 5.74) is -0.387. The zero-order valence-corrected chi connectivity index (χ0v) is 24.2. The van der Waals surface area contributed by atoms with E-state index in [1.807, 2.05) is 36.4 Å². The molecule has 7 rings (SSSR count). The number of ether oxygens (including phenoxy) is 1. The van der Waals surface area contributed by atoms with E-state index in [4.69, 9.17) is 4.74 Å². The van der Waals surface area contributed by atoms with E-state index in [2.05, 4.69) is 49.4 Å². The Kier molecular flexibility index (Phi) is 7.02. The Morgan fingerprint density at radius 3 is 1.53 bits per heavy atom. The maximum absolute atomic E-state index is 14.0. The molecule has 0 fully saturated rings. The van der Waals surface area contributed by atoms with Crippen LogP contribution in [0.2, 0.25) is 0 Å². The summed E-state index contributed by atoms with van der Waals surface area (Å²) in [5.74, 6) is 0.854. The Hall–Kier alpha value is -5.12. The molecule has 0 saturated heterocycles. The highest BCUT2D eigenvalue weighted by Crippen LogP contribution is 2.38. The van der Waals surface area contributed by atoms with Crippen LogP contribution in [0.3, 0.4) is 0 Å². The molecule has 3 nitrogen and oxygen atoms in total. The molecule has 0 aliphatic carbocycles. The van der Waals surface area contributed by atoms with Crippen LogP contribution >= 0.6 is 0 Å². The van der Waals surface area contributed by atoms with E-state index in [1.54, 1.807) is 24.3 Å². The van der Waals surface area contributed by atoms with Gasteiger partial charge >= 0.3 is 0 Å². The molecule has 0 aromatic heterocycles. The fourth-order valence-corrected chi connectivity index (χ4v) is 6.28. The normalized spacial score (nSPS) is 11.4. The van der Waals surface area contributed by atoms with E-state index in [9.17, 15) is 9.59 Å². The second kappa shape index (κ2) is 11.3. The lowest BCUT2D eigenvalue weighted by atomic mass is 9.97. The van der Waals surface area contributed by atoms with Gasteiger partial charge in [0.15, 0.2) is 10.9 Å². The fraction of sp³-hybridized carbons (Fsp3) is 0.200. The fourth-order valence-electron chi connectivity index (χ4n) is 6.28. The molecule has 0 radical (unpaired) electrons. The third-order valence-electron chi connectivity index (χ3n) is 8.47. The first-order valence-corrected chi connectivity index (χ1v) is 15.2. The average molecular weight is 559 g/mol. The molecule has 0 N–H and O–H groups in total. The predicted octanol–water partition coefficient (Wildman–Crippen LogP) is 9.27. The van der Waals surface area contributed by atoms with Crippen LogP contribution in [0, 0.1) is 24.3 Å². The highest BCUT2D eigenvalue weighted by molar-refractivity contribution is 6.15. The summed E-state index contributed by atoms with van der Waals surface area (Å²) in [4.78, 5) is 27.5. The Bertz CT molecular complexity index is 2160. The van der Waals surface area contributed by atoms with Crippen molar-refractivity contribution in [3.8, 4) is 5.75 Å². The lowest BCUT2D eigenvalue weighted by Gasteiger charge is -2.14. The van der Waals surface area contributed by atoms with Crippen LogP contribution in [-0.4, -0.2) is 6.61 Å². The van der Waals surface area contributed by atoms with Crippen molar-refractivity contribution in [1.82, 2.24) is 0 Å². The largest absolute Gasteiger partial charge is 0.492 e. The van der Waals surface area contributed by atoms with E-state index in [0.717, 1.165) is 50.9 Å². The van der Waals surface area contributed by atoms with Crippen molar-refractivity contribution in [2.24, 2.45) is 0 Å². The third kappa shape index (κ3) is 4.68. The molecule has 0 unspecified atom stereocenters. The van der Waals surface area contributed by atoms with Gasteiger partial charge in [0.05, 0.1) is 6.61 Å². The van der Waals surface area contributed by atoms with Crippen LogP contribution in [-0.2, 0) is 0 Å². The van der Waals surface area contributed by atoms with Crippen molar-refractivity contribution in [2.45, 2.75) is 45.4 Å². The second-order valence-electron chi connectivity index (χ2n) is 11.2. The van der Waals surface area contributed by atoms with Crippen LogP contribution in [0.25, 0.3) is 64.6 Å². The second-order valence-corrected chi connectivity index (χ2v) is 11.2. The molecule has 0 amide bonds. The van der Waals surface area contributed by atoms with Gasteiger partial charge in [0.1, 0.15) is 5.75 Å². The van der Waals surface area contributed by atoms with E-state index in [-0.39, 0.29) is 10.9 Å². The average Bonchev–Trinajstić information content (AvgIpc) is 3.03. The van der Waals surface area contributed by atoms with Crippen molar-refractivity contribution in [1.29, 1.82) is 0 Å². The molecule has 7 aromatic rings. The summed E-state index contributed by atoms with van der Waals surface area (Å²) in [6.45, 7) is 2.88. The van der Waals surface area contributed by atoms with Gasteiger partial charge in [-0.3, -0.25) is 9.59 Å². The predicted molar refractivity (Wildman–Crippen MR) is 178 cm³/mol. The van der Waals surface area contributed by atoms with Crippen molar-refractivity contribution in [3.63, 3.8) is 0 Å². The van der Waals surface area contributed by atoms with Gasteiger partial charge in [-0.2, -0.15) is 0 Å². The lowest BCUT2D eigenvalue weighted by Crippen LogP contribution is -2.13. The van der Waals surface area contributed by atoms with Crippen LogP contribution in [0.15, 0.2) is 88.5 Å². The summed E-state index contributed by atoms with van der Waals surface area (Å²) in [6.07, 6.45) is 7.18. The minimum absolute atomic E-state index is 0.175. The zero-order valence-electron chi connectivity index (χ0n) is 24.2. The molecular weight excluding hydrogens is 528 g/mol. The third-order valence-corrected chi connectivity index (χ3v) is 8.47. The minimum atomic E-state index is -0.211. The monoisotopic (exact) mass is 558 g/mol. The quantitative estimate of drug-likeness (QED) is 0.138. The van der Waals surface area contributed by atoms with Gasteiger partial charge in [0, 0.05) is 64.6 Å². The first-order chi connectivity index (χ1) is 21.2. The Morgan fingerprint density at radius 2 is 0.977 bits per heavy atom. The van der Waals surface area contributed by atoms with Gasteiger partial charge in [-0.05, 0) is 36.8 Å². The number of rotatable bonds is 8. The number of benzene rings is 6. The molecule has 0 heterocycles. The van der Waals surface area contributed by atoms with Crippen molar-refractivity contribution in [2.75, 3.05) is 6.61 Å². The van der Waals surface area contributed by atoms with Crippen LogP contribution in [0.1, 0.15) is 45.4 Å². The number of unbranched alkanes of at least 4 members (excludes halogenated alkanes) is 5. The van der Waals surface area contributed by atoms with E-state index in [1.165, 1.54) is 25.7 Å². The molecule has 0 atom stereocenters. The standard InChI is InChI=1S/C40H30O3/c1-2-3-4-5-6-7-24-43-40-30-16-8-12-26-20-22-28-14-10-18-32-36(28)39(42)37-29(15-11-19-33(37)38(32)41)23-21-27-13-9-17-31(40)35(27)25-34(26)30/h8-19,25H,2-7,24H2,1H3. The van der Waals surface area contributed by atoms with Crippen LogP contribution < -0.4 is 15.6 Å². The SMILES string of the molecule is CCCCCCCCOc1c2cccc3c#cc4cccc5c(=O)c6cccc(c#cc7cccc1c7cc32)c6c(=O)c45. The van der Waals surface area contributed by atoms with Gasteiger partial charge in [-0.25, -0.2) is 0 Å². The van der Waals surface area contributed by atoms with E-state index in [0.29, 0.717) is 38.9 Å². The molecular formula is C40H30O3. The van der Waals surface area contributed by atoms with Crippen LogP contribution in [0.4, 0.5) is 0 Å². The van der Waals surface area contributed by atoms with Gasteiger partial charge in [0.25, 0.3) is 0 Å². The smallest absolute Gasteiger partial charge is 0.197 e. The topological polar surface area (TPSA) is 43.4 Å². The zero-order chi connectivity index (χ0) is 29.3. The number of hydrogen-bond acceptors (Lipinski definition) is 3. The highest BCUT2D eigenvalue weighted by atomic mass is 16.5. The summed E-state index contributed by atoms with van der Waals surface area (Å²) >= 11 is 0. The summed E-state index contributed by atoms with van der Waals surface area (Å²) < 4.78 is 6.57. The molecule has 43 heavy (non-hydrogen) atoms. The molecule has 0 saturated carbocycles. The van der Waals surface area contributed by atoms with E-state index < -0.39 is 0 Å². The number of hydrogen-bond donors (Lipinski definition) is 0. The van der Waals surface area contributed by atoms with Crippen molar-refractivity contribution in [3.05, 3.63) is 124 Å². The summed E-state index contributed by atoms with van der Waals surface area (Å²) in [6, 6.07) is 38.2. The van der Waals surface area contributed by atoms with Gasteiger partial charge < -0.3 is 4.74 Å². The Morgan fingerprint density at radius 1 is 0.512 bits per heavy atom. The first-order valence-electron chi connectivity index (χ1n) is 15.2. The molecule has 0 spiro atoms. The molecule has 3 heteroatoms. The van der Waals surface area contributed by atoms with Crippen molar-refractivity contribution >= 4 is 64.6 Å². The Labute approximate surface area is 250 Å². The summed E-state index contributed by atoms with van der Waals surface area (Å²) in [5, 5.41) is 8.16. The Balaban J connectivity index is 1.54. The molecule has 7 aromatic carbocycles. The highest BCUT2D eigenvalue weighted by Gasteiger charge is 2.14. The van der Waals surface area contributed by atoms with Crippen LogP contribution in [0.5, 0.6) is 5.75 Å².